The molecule has 2 rings (SSSR count). The van der Waals surface area contributed by atoms with E-state index in [0.717, 1.165) is 0 Å². The molecule has 1 amide bonds. The summed E-state index contributed by atoms with van der Waals surface area (Å²) in [5.74, 6) is 0.503. The molecule has 0 aliphatic heterocycles. The molecule has 0 radical (unpaired) electrons. The standard InChI is InChI=1S/C18H21BrN2O6S/c1-25-9-8-20-28(23,24)13-5-6-15(19)14(11-13)18(22)21-12-4-7-16(26-2)17(10-12)27-3/h4-7,10-11,20H,8-9H2,1-3H3,(H,21,22). The third-order valence-corrected chi connectivity index (χ3v) is 5.88. The van der Waals surface area contributed by atoms with Gasteiger partial charge >= 0.3 is 0 Å². The van der Waals surface area contributed by atoms with Gasteiger partial charge in [-0.3, -0.25) is 4.79 Å². The van der Waals surface area contributed by atoms with Crippen molar-refractivity contribution in [3.8, 4) is 11.5 Å². The lowest BCUT2D eigenvalue weighted by Gasteiger charge is -2.12. The topological polar surface area (TPSA) is 103 Å². The Bertz CT molecular complexity index is 949. The molecule has 0 atom stereocenters. The van der Waals surface area contributed by atoms with Gasteiger partial charge < -0.3 is 19.5 Å². The van der Waals surface area contributed by atoms with E-state index < -0.39 is 15.9 Å². The van der Waals surface area contributed by atoms with Crippen molar-refractivity contribution in [3.05, 3.63) is 46.4 Å². The van der Waals surface area contributed by atoms with E-state index in [-0.39, 0.29) is 23.6 Å². The highest BCUT2D eigenvalue weighted by Crippen LogP contribution is 2.30. The molecule has 0 saturated carbocycles. The van der Waals surface area contributed by atoms with Gasteiger partial charge in [0.2, 0.25) is 10.0 Å². The number of methoxy groups -OCH3 is 3. The van der Waals surface area contributed by atoms with Crippen molar-refractivity contribution in [2.45, 2.75) is 4.90 Å². The minimum atomic E-state index is -3.77. The van der Waals surface area contributed by atoms with Crippen molar-refractivity contribution in [1.82, 2.24) is 4.72 Å². The number of nitrogens with one attached hydrogen (secondary N) is 2. The summed E-state index contributed by atoms with van der Waals surface area (Å²) >= 11 is 3.29. The van der Waals surface area contributed by atoms with Gasteiger partial charge in [-0.15, -0.1) is 0 Å². The molecule has 0 heterocycles. The fourth-order valence-electron chi connectivity index (χ4n) is 2.32. The summed E-state index contributed by atoms with van der Waals surface area (Å²) in [5, 5.41) is 2.72. The first-order valence-corrected chi connectivity index (χ1v) is 10.4. The Kier molecular flexibility index (Phi) is 7.81. The van der Waals surface area contributed by atoms with Crippen LogP contribution >= 0.6 is 15.9 Å². The predicted octanol–water partition coefficient (Wildman–Crippen LogP) is 2.64. The summed E-state index contributed by atoms with van der Waals surface area (Å²) in [4.78, 5) is 12.7. The van der Waals surface area contributed by atoms with Gasteiger partial charge in [0.1, 0.15) is 0 Å². The van der Waals surface area contributed by atoms with Crippen LogP contribution in [0.3, 0.4) is 0 Å². The largest absolute Gasteiger partial charge is 0.493 e. The molecule has 8 nitrogen and oxygen atoms in total. The van der Waals surface area contributed by atoms with Crippen LogP contribution in [0.2, 0.25) is 0 Å². The molecule has 0 saturated heterocycles. The van der Waals surface area contributed by atoms with Crippen molar-refractivity contribution in [3.63, 3.8) is 0 Å². The maximum absolute atomic E-state index is 12.7. The Morgan fingerprint density at radius 1 is 1.04 bits per heavy atom. The number of rotatable bonds is 9. The Balaban J connectivity index is 2.26. The van der Waals surface area contributed by atoms with Crippen LogP contribution < -0.4 is 19.5 Å². The smallest absolute Gasteiger partial charge is 0.256 e. The Labute approximate surface area is 172 Å². The first-order chi connectivity index (χ1) is 13.3. The normalized spacial score (nSPS) is 11.1. The summed E-state index contributed by atoms with van der Waals surface area (Å²) in [6.07, 6.45) is 0. The van der Waals surface area contributed by atoms with Crippen LogP contribution in [0, 0.1) is 0 Å². The molecule has 2 aromatic rings. The summed E-state index contributed by atoms with van der Waals surface area (Å²) in [5.41, 5.74) is 0.644. The van der Waals surface area contributed by atoms with Gasteiger partial charge in [-0.2, -0.15) is 0 Å². The third-order valence-electron chi connectivity index (χ3n) is 3.73. The van der Waals surface area contributed by atoms with E-state index in [4.69, 9.17) is 14.2 Å². The van der Waals surface area contributed by atoms with E-state index in [9.17, 15) is 13.2 Å². The van der Waals surface area contributed by atoms with Crippen molar-refractivity contribution in [1.29, 1.82) is 0 Å². The molecule has 0 fully saturated rings. The molecule has 0 aliphatic rings. The monoisotopic (exact) mass is 472 g/mol. The first-order valence-electron chi connectivity index (χ1n) is 8.14. The van der Waals surface area contributed by atoms with Crippen molar-refractivity contribution in [2.24, 2.45) is 0 Å². The number of ether oxygens (including phenoxy) is 3. The molecule has 0 unspecified atom stereocenters. The lowest BCUT2D eigenvalue weighted by molar-refractivity contribution is 0.102. The van der Waals surface area contributed by atoms with Gasteiger partial charge in [0.05, 0.1) is 31.3 Å². The molecule has 10 heteroatoms. The second kappa shape index (κ2) is 9.87. The molecule has 2 aromatic carbocycles. The van der Waals surface area contributed by atoms with Gasteiger partial charge in [0, 0.05) is 29.9 Å². The van der Waals surface area contributed by atoms with Gasteiger partial charge in [-0.05, 0) is 46.3 Å². The zero-order valence-corrected chi connectivity index (χ0v) is 18.0. The van der Waals surface area contributed by atoms with Crippen LogP contribution in [0.25, 0.3) is 0 Å². The molecule has 152 valence electrons. The zero-order valence-electron chi connectivity index (χ0n) is 15.6. The van der Waals surface area contributed by atoms with Crippen LogP contribution in [0.1, 0.15) is 10.4 Å². The van der Waals surface area contributed by atoms with E-state index in [2.05, 4.69) is 26.0 Å². The van der Waals surface area contributed by atoms with Crippen molar-refractivity contribution >= 4 is 37.5 Å². The lowest BCUT2D eigenvalue weighted by atomic mass is 10.2. The van der Waals surface area contributed by atoms with Crippen LogP contribution in [0.5, 0.6) is 11.5 Å². The Morgan fingerprint density at radius 2 is 1.75 bits per heavy atom. The Morgan fingerprint density at radius 3 is 2.39 bits per heavy atom. The molecule has 2 N–H and O–H groups in total. The minimum absolute atomic E-state index is 0.0238. The zero-order chi connectivity index (χ0) is 20.7. The summed E-state index contributed by atoms with van der Waals surface area (Å²) < 4.78 is 42.8. The third kappa shape index (κ3) is 5.44. The van der Waals surface area contributed by atoms with Crippen LogP contribution in [-0.2, 0) is 14.8 Å². The summed E-state index contributed by atoms with van der Waals surface area (Å²) in [6, 6.07) is 9.14. The van der Waals surface area contributed by atoms with Gasteiger partial charge in [0.15, 0.2) is 11.5 Å². The molecular formula is C18H21BrN2O6S. The number of carbonyl (C=O) groups excluding carboxylic acids is 1. The maximum atomic E-state index is 12.7. The maximum Gasteiger partial charge on any atom is 0.256 e. The average Bonchev–Trinajstić information content (AvgIpc) is 2.68. The highest BCUT2D eigenvalue weighted by Gasteiger charge is 2.19. The second-order valence-corrected chi connectivity index (χ2v) is 8.18. The van der Waals surface area contributed by atoms with E-state index in [1.165, 1.54) is 39.5 Å². The second-order valence-electron chi connectivity index (χ2n) is 5.56. The quantitative estimate of drug-likeness (QED) is 0.543. The SMILES string of the molecule is COCCNS(=O)(=O)c1ccc(Br)c(C(=O)Nc2ccc(OC)c(OC)c2)c1. The Hall–Kier alpha value is -2.14. The number of amides is 1. The first kappa shape index (κ1) is 22.2. The molecule has 0 aromatic heterocycles. The lowest BCUT2D eigenvalue weighted by Crippen LogP contribution is -2.27. The fourth-order valence-corrected chi connectivity index (χ4v) is 3.78. The predicted molar refractivity (Wildman–Crippen MR) is 109 cm³/mol. The number of hydrogen-bond acceptors (Lipinski definition) is 6. The van der Waals surface area contributed by atoms with Gasteiger partial charge in [0.25, 0.3) is 5.91 Å². The molecule has 0 bridgehead atoms. The molecule has 0 spiro atoms. The minimum Gasteiger partial charge on any atom is -0.493 e. The number of halogens is 1. The van der Waals surface area contributed by atoms with Crippen molar-refractivity contribution in [2.75, 3.05) is 39.8 Å². The van der Waals surface area contributed by atoms with E-state index in [1.807, 2.05) is 0 Å². The van der Waals surface area contributed by atoms with E-state index >= 15 is 0 Å². The van der Waals surface area contributed by atoms with E-state index in [1.54, 1.807) is 18.2 Å². The van der Waals surface area contributed by atoms with E-state index in [0.29, 0.717) is 21.7 Å². The summed E-state index contributed by atoms with van der Waals surface area (Å²) in [7, 11) is 0.716. The average molecular weight is 473 g/mol. The highest BCUT2D eigenvalue weighted by atomic mass is 79.9. The number of anilines is 1. The highest BCUT2D eigenvalue weighted by molar-refractivity contribution is 9.10. The van der Waals surface area contributed by atoms with Crippen LogP contribution in [0.15, 0.2) is 45.8 Å². The fraction of sp³-hybridized carbons (Fsp3) is 0.278. The number of sulfonamides is 1. The summed E-state index contributed by atoms with van der Waals surface area (Å²) in [6.45, 7) is 0.366. The van der Waals surface area contributed by atoms with Crippen LogP contribution in [-0.4, -0.2) is 48.8 Å². The number of carbonyl (C=O) groups is 1. The number of hydrogen-bond donors (Lipinski definition) is 2. The van der Waals surface area contributed by atoms with Crippen molar-refractivity contribution < 1.29 is 27.4 Å². The molecule has 0 aliphatic carbocycles. The van der Waals surface area contributed by atoms with Gasteiger partial charge in [-0.1, -0.05) is 0 Å². The number of benzene rings is 2. The molecular weight excluding hydrogens is 452 g/mol. The van der Waals surface area contributed by atoms with Crippen LogP contribution in [0.4, 0.5) is 5.69 Å². The van der Waals surface area contributed by atoms with Gasteiger partial charge in [-0.25, -0.2) is 13.1 Å². The molecule has 28 heavy (non-hydrogen) atoms.